The van der Waals surface area contributed by atoms with Crippen molar-refractivity contribution in [2.75, 3.05) is 0 Å². The summed E-state index contributed by atoms with van der Waals surface area (Å²) in [6, 6.07) is 41.1. The Morgan fingerprint density at radius 3 is 1.66 bits per heavy atom. The summed E-state index contributed by atoms with van der Waals surface area (Å²) in [5.41, 5.74) is 5.79. The van der Waals surface area contributed by atoms with Crippen LogP contribution in [0.2, 0.25) is 0 Å². The third kappa shape index (κ3) is 3.74. The fourth-order valence-electron chi connectivity index (χ4n) is 4.87. The Hall–Kier alpha value is -3.62. The lowest BCUT2D eigenvalue weighted by atomic mass is 9.76. The van der Waals surface area contributed by atoms with Crippen molar-refractivity contribution in [2.45, 2.75) is 24.9 Å². The van der Waals surface area contributed by atoms with E-state index in [9.17, 15) is 0 Å². The third-order valence-electron chi connectivity index (χ3n) is 6.28. The van der Waals surface area contributed by atoms with Crippen LogP contribution in [0, 0.1) is 0 Å². The SMILES string of the molecule is CC(Cc1c[nH]c2ccccc12)NC(c1ccccc1)(c1ccccc1)c1ccccc1. The van der Waals surface area contributed by atoms with Crippen LogP contribution < -0.4 is 5.32 Å². The molecule has 5 aromatic rings. The first-order chi connectivity index (χ1) is 15.8. The second kappa shape index (κ2) is 8.86. The molecule has 0 amide bonds. The van der Waals surface area contributed by atoms with Gasteiger partial charge in [0.05, 0.1) is 5.54 Å². The van der Waals surface area contributed by atoms with E-state index in [4.69, 9.17) is 0 Å². The quantitative estimate of drug-likeness (QED) is 0.285. The molecule has 2 heteroatoms. The molecule has 0 spiro atoms. The Labute approximate surface area is 190 Å². The van der Waals surface area contributed by atoms with Crippen LogP contribution in [0.25, 0.3) is 10.9 Å². The van der Waals surface area contributed by atoms with Crippen LogP contribution in [-0.4, -0.2) is 11.0 Å². The molecule has 158 valence electrons. The molecule has 1 atom stereocenters. The number of hydrogen-bond donors (Lipinski definition) is 2. The van der Waals surface area contributed by atoms with E-state index in [0.29, 0.717) is 0 Å². The van der Waals surface area contributed by atoms with E-state index in [0.717, 1.165) is 6.42 Å². The number of rotatable bonds is 7. The smallest absolute Gasteiger partial charge is 0.0950 e. The molecule has 2 nitrogen and oxygen atoms in total. The molecule has 0 aliphatic rings. The Morgan fingerprint density at radius 1 is 0.656 bits per heavy atom. The first-order valence-electron chi connectivity index (χ1n) is 11.3. The molecule has 4 aromatic carbocycles. The largest absolute Gasteiger partial charge is 0.361 e. The summed E-state index contributed by atoms with van der Waals surface area (Å²) in [6.07, 6.45) is 3.08. The molecular weight excluding hydrogens is 388 g/mol. The Bertz CT molecular complexity index is 1180. The minimum atomic E-state index is -0.449. The first-order valence-corrected chi connectivity index (χ1v) is 11.3. The van der Waals surface area contributed by atoms with Crippen molar-refractivity contribution in [3.63, 3.8) is 0 Å². The van der Waals surface area contributed by atoms with Gasteiger partial charge in [-0.25, -0.2) is 0 Å². The van der Waals surface area contributed by atoms with Crippen molar-refractivity contribution in [3.8, 4) is 0 Å². The van der Waals surface area contributed by atoms with E-state index in [-0.39, 0.29) is 6.04 Å². The summed E-state index contributed by atoms with van der Waals surface area (Å²) in [5, 5.41) is 5.37. The summed E-state index contributed by atoms with van der Waals surface area (Å²) in [5.74, 6) is 0. The van der Waals surface area contributed by atoms with E-state index < -0.39 is 5.54 Å². The van der Waals surface area contributed by atoms with E-state index in [1.165, 1.54) is 33.2 Å². The van der Waals surface area contributed by atoms with Crippen molar-refractivity contribution >= 4 is 10.9 Å². The maximum atomic E-state index is 4.07. The minimum absolute atomic E-state index is 0.231. The second-order valence-electron chi connectivity index (χ2n) is 8.46. The molecule has 32 heavy (non-hydrogen) atoms. The van der Waals surface area contributed by atoms with Gasteiger partial charge in [0.25, 0.3) is 0 Å². The molecule has 0 aliphatic carbocycles. The number of aromatic amines is 1. The van der Waals surface area contributed by atoms with E-state index in [1.807, 2.05) is 0 Å². The molecule has 5 rings (SSSR count). The summed E-state index contributed by atoms with van der Waals surface area (Å²) in [6.45, 7) is 2.28. The predicted molar refractivity (Wildman–Crippen MR) is 134 cm³/mol. The van der Waals surface area contributed by atoms with Crippen LogP contribution in [0.1, 0.15) is 29.2 Å². The van der Waals surface area contributed by atoms with Gasteiger partial charge in [-0.3, -0.25) is 5.32 Å². The second-order valence-corrected chi connectivity index (χ2v) is 8.46. The van der Waals surface area contributed by atoms with Crippen molar-refractivity contribution in [1.82, 2.24) is 10.3 Å². The Kier molecular flexibility index (Phi) is 5.62. The van der Waals surface area contributed by atoms with Gasteiger partial charge >= 0.3 is 0 Å². The van der Waals surface area contributed by atoms with E-state index in [1.54, 1.807) is 0 Å². The molecule has 0 bridgehead atoms. The number of H-pyrrole nitrogens is 1. The van der Waals surface area contributed by atoms with Crippen LogP contribution >= 0.6 is 0 Å². The fraction of sp³-hybridized carbons (Fsp3) is 0.133. The van der Waals surface area contributed by atoms with Gasteiger partial charge in [-0.15, -0.1) is 0 Å². The highest BCUT2D eigenvalue weighted by molar-refractivity contribution is 5.83. The fourth-order valence-corrected chi connectivity index (χ4v) is 4.87. The molecule has 0 fully saturated rings. The van der Waals surface area contributed by atoms with E-state index in [2.05, 4.69) is 139 Å². The molecular formula is C30H28N2. The van der Waals surface area contributed by atoms with Crippen molar-refractivity contribution in [3.05, 3.63) is 144 Å². The number of benzene rings is 4. The highest BCUT2D eigenvalue weighted by Gasteiger charge is 2.37. The van der Waals surface area contributed by atoms with Crippen LogP contribution in [0.15, 0.2) is 121 Å². The number of hydrogen-bond acceptors (Lipinski definition) is 1. The lowest BCUT2D eigenvalue weighted by Crippen LogP contribution is -2.49. The number of para-hydroxylation sites is 1. The molecule has 0 saturated heterocycles. The van der Waals surface area contributed by atoms with Crippen molar-refractivity contribution in [1.29, 1.82) is 0 Å². The summed E-state index contributed by atoms with van der Waals surface area (Å²) in [7, 11) is 0. The standard InChI is InChI=1S/C30H28N2/c1-23(21-24-22-31-29-20-12-11-19-28(24)29)32-30(25-13-5-2-6-14-25,26-15-7-3-8-16-26)27-17-9-4-10-18-27/h2-20,22-23,31-32H,21H2,1H3. The summed E-state index contributed by atoms with van der Waals surface area (Å²) < 4.78 is 0. The van der Waals surface area contributed by atoms with Gasteiger partial charge in [-0.1, -0.05) is 109 Å². The van der Waals surface area contributed by atoms with Crippen LogP contribution in [-0.2, 0) is 12.0 Å². The lowest BCUT2D eigenvalue weighted by Gasteiger charge is -2.39. The van der Waals surface area contributed by atoms with Gasteiger partial charge in [-0.2, -0.15) is 0 Å². The average molecular weight is 417 g/mol. The monoisotopic (exact) mass is 416 g/mol. The normalized spacial score (nSPS) is 12.7. The Morgan fingerprint density at radius 2 is 1.12 bits per heavy atom. The third-order valence-corrected chi connectivity index (χ3v) is 6.28. The molecule has 0 saturated carbocycles. The van der Waals surface area contributed by atoms with Crippen molar-refractivity contribution in [2.24, 2.45) is 0 Å². The van der Waals surface area contributed by atoms with Gasteiger partial charge in [0.2, 0.25) is 0 Å². The molecule has 2 N–H and O–H groups in total. The average Bonchev–Trinajstić information content (AvgIpc) is 3.27. The molecule has 1 heterocycles. The highest BCUT2D eigenvalue weighted by atomic mass is 15.0. The van der Waals surface area contributed by atoms with Gasteiger partial charge in [-0.05, 0) is 41.7 Å². The molecule has 0 radical (unpaired) electrons. The molecule has 1 aromatic heterocycles. The summed E-state index contributed by atoms with van der Waals surface area (Å²) in [4.78, 5) is 3.42. The van der Waals surface area contributed by atoms with E-state index >= 15 is 0 Å². The Balaban J connectivity index is 1.61. The van der Waals surface area contributed by atoms with Crippen LogP contribution in [0.3, 0.4) is 0 Å². The molecule has 1 unspecified atom stereocenters. The minimum Gasteiger partial charge on any atom is -0.361 e. The van der Waals surface area contributed by atoms with Gasteiger partial charge in [0.1, 0.15) is 0 Å². The zero-order valence-corrected chi connectivity index (χ0v) is 18.3. The maximum absolute atomic E-state index is 4.07. The highest BCUT2D eigenvalue weighted by Crippen LogP contribution is 2.37. The van der Waals surface area contributed by atoms with Gasteiger partial charge in [0, 0.05) is 23.1 Å². The molecule has 0 aliphatic heterocycles. The zero-order valence-electron chi connectivity index (χ0n) is 18.3. The topological polar surface area (TPSA) is 27.8 Å². The summed E-state index contributed by atoms with van der Waals surface area (Å²) >= 11 is 0. The van der Waals surface area contributed by atoms with Gasteiger partial charge in [0.15, 0.2) is 0 Å². The van der Waals surface area contributed by atoms with Crippen molar-refractivity contribution < 1.29 is 0 Å². The predicted octanol–water partition coefficient (Wildman–Crippen LogP) is 6.68. The maximum Gasteiger partial charge on any atom is 0.0950 e. The lowest BCUT2D eigenvalue weighted by molar-refractivity contribution is 0.405. The van der Waals surface area contributed by atoms with Crippen LogP contribution in [0.5, 0.6) is 0 Å². The number of aromatic nitrogens is 1. The first kappa shape index (κ1) is 20.3. The number of fused-ring (bicyclic) bond motifs is 1. The number of nitrogens with one attached hydrogen (secondary N) is 2. The van der Waals surface area contributed by atoms with Crippen LogP contribution in [0.4, 0.5) is 0 Å². The zero-order chi connectivity index (χ0) is 21.8. The van der Waals surface area contributed by atoms with Gasteiger partial charge < -0.3 is 4.98 Å².